The number of nitrogens with zero attached hydrogens (tertiary/aromatic N) is 1. The molecule has 0 spiro atoms. The lowest BCUT2D eigenvalue weighted by Crippen LogP contribution is -2.06. The molecule has 0 aliphatic heterocycles. The van der Waals surface area contributed by atoms with Gasteiger partial charge in [-0.2, -0.15) is 0 Å². The molecule has 0 fully saturated rings. The van der Waals surface area contributed by atoms with Crippen molar-refractivity contribution in [2.45, 2.75) is 33.9 Å². The van der Waals surface area contributed by atoms with E-state index in [-0.39, 0.29) is 5.69 Å². The molecule has 0 saturated heterocycles. The number of nitrogens with one attached hydrogen (secondary N) is 1. The lowest BCUT2D eigenvalue weighted by molar-refractivity contribution is 0.547. The summed E-state index contributed by atoms with van der Waals surface area (Å²) in [5.41, 5.74) is 2.82. The molecule has 1 N–H and O–H groups in total. The van der Waals surface area contributed by atoms with Crippen LogP contribution in [0.2, 0.25) is 0 Å². The number of aromatic nitrogens is 1. The Morgan fingerprint density at radius 2 is 1.65 bits per heavy atom. The van der Waals surface area contributed by atoms with Gasteiger partial charge in [-0.3, -0.25) is 0 Å². The van der Waals surface area contributed by atoms with E-state index in [0.717, 1.165) is 23.5 Å². The third-order valence-corrected chi connectivity index (χ3v) is 3.46. The Kier molecular flexibility index (Phi) is 4.06. The van der Waals surface area contributed by atoms with Gasteiger partial charge < -0.3 is 9.88 Å². The molecule has 0 bridgehead atoms. The van der Waals surface area contributed by atoms with E-state index in [1.807, 2.05) is 26.8 Å². The first-order valence-corrected chi connectivity index (χ1v) is 6.48. The Balaban J connectivity index is 2.21. The van der Waals surface area contributed by atoms with Crippen LogP contribution < -0.4 is 5.32 Å². The number of hydrogen-bond acceptors (Lipinski definition) is 1. The van der Waals surface area contributed by atoms with E-state index < -0.39 is 17.5 Å². The fourth-order valence-electron chi connectivity index (χ4n) is 2.43. The molecular weight excluding hydrogens is 265 g/mol. The maximum atomic E-state index is 13.5. The summed E-state index contributed by atoms with van der Waals surface area (Å²) < 4.78 is 42.0. The molecule has 2 nitrogen and oxygen atoms in total. The van der Waals surface area contributed by atoms with E-state index in [0.29, 0.717) is 18.7 Å². The van der Waals surface area contributed by atoms with E-state index in [2.05, 4.69) is 9.88 Å². The van der Waals surface area contributed by atoms with Crippen molar-refractivity contribution >= 4 is 5.69 Å². The highest BCUT2D eigenvalue weighted by molar-refractivity contribution is 5.47. The van der Waals surface area contributed by atoms with Gasteiger partial charge in [-0.25, -0.2) is 13.2 Å². The average molecular weight is 282 g/mol. The summed E-state index contributed by atoms with van der Waals surface area (Å²) in [6.07, 6.45) is 0. The molecule has 0 radical (unpaired) electrons. The molecule has 20 heavy (non-hydrogen) atoms. The fourth-order valence-corrected chi connectivity index (χ4v) is 2.43. The monoisotopic (exact) mass is 282 g/mol. The SMILES string of the molecule is CCn1c(C)cc(CNc2c(F)cc(F)cc2F)c1C. The molecule has 1 heterocycles. The third kappa shape index (κ3) is 2.66. The molecular formula is C15H17F3N2. The van der Waals surface area contributed by atoms with Crippen LogP contribution in [0.3, 0.4) is 0 Å². The van der Waals surface area contributed by atoms with Crippen LogP contribution in [0.15, 0.2) is 18.2 Å². The summed E-state index contributed by atoms with van der Waals surface area (Å²) >= 11 is 0. The van der Waals surface area contributed by atoms with E-state index in [1.165, 1.54) is 0 Å². The Labute approximate surface area is 116 Å². The van der Waals surface area contributed by atoms with Crippen molar-refractivity contribution in [3.63, 3.8) is 0 Å². The number of anilines is 1. The highest BCUT2D eigenvalue weighted by atomic mass is 19.1. The Bertz CT molecular complexity index is 609. The van der Waals surface area contributed by atoms with Gasteiger partial charge in [-0.15, -0.1) is 0 Å². The highest BCUT2D eigenvalue weighted by Gasteiger charge is 2.13. The molecule has 5 heteroatoms. The Morgan fingerprint density at radius 1 is 1.05 bits per heavy atom. The molecule has 0 unspecified atom stereocenters. The summed E-state index contributed by atoms with van der Waals surface area (Å²) in [6, 6.07) is 3.31. The number of halogens is 3. The normalized spacial score (nSPS) is 10.9. The number of aryl methyl sites for hydroxylation is 1. The maximum absolute atomic E-state index is 13.5. The highest BCUT2D eigenvalue weighted by Crippen LogP contribution is 2.22. The largest absolute Gasteiger partial charge is 0.376 e. The van der Waals surface area contributed by atoms with Gasteiger partial charge in [-0.1, -0.05) is 0 Å². The van der Waals surface area contributed by atoms with Gasteiger partial charge in [0.15, 0.2) is 11.6 Å². The molecule has 0 atom stereocenters. The summed E-state index contributed by atoms with van der Waals surface area (Å²) in [7, 11) is 0. The second-order valence-electron chi connectivity index (χ2n) is 4.74. The molecule has 1 aromatic heterocycles. The number of hydrogen-bond donors (Lipinski definition) is 1. The lowest BCUT2D eigenvalue weighted by atomic mass is 10.2. The van der Waals surface area contributed by atoms with Crippen LogP contribution in [0.4, 0.5) is 18.9 Å². The van der Waals surface area contributed by atoms with Gasteiger partial charge in [0, 0.05) is 36.6 Å². The van der Waals surface area contributed by atoms with Crippen molar-refractivity contribution in [1.29, 1.82) is 0 Å². The molecule has 2 aromatic rings. The van der Waals surface area contributed by atoms with Crippen molar-refractivity contribution in [3.8, 4) is 0 Å². The summed E-state index contributed by atoms with van der Waals surface area (Å²) in [6.45, 7) is 7.12. The van der Waals surface area contributed by atoms with Gasteiger partial charge in [0.2, 0.25) is 0 Å². The van der Waals surface area contributed by atoms with Crippen molar-refractivity contribution in [3.05, 3.63) is 52.6 Å². The van der Waals surface area contributed by atoms with Gasteiger partial charge in [-0.05, 0) is 32.4 Å². The van der Waals surface area contributed by atoms with Crippen LogP contribution in [0.25, 0.3) is 0 Å². The van der Waals surface area contributed by atoms with Crippen LogP contribution >= 0.6 is 0 Å². The van der Waals surface area contributed by atoms with E-state index in [1.54, 1.807) is 0 Å². The zero-order valence-electron chi connectivity index (χ0n) is 11.7. The molecule has 108 valence electrons. The van der Waals surface area contributed by atoms with Gasteiger partial charge in [0.25, 0.3) is 0 Å². The summed E-state index contributed by atoms with van der Waals surface area (Å²) in [5, 5.41) is 2.70. The molecule has 0 aliphatic carbocycles. The molecule has 0 amide bonds. The minimum atomic E-state index is -0.924. The van der Waals surface area contributed by atoms with Crippen molar-refractivity contribution < 1.29 is 13.2 Å². The van der Waals surface area contributed by atoms with Crippen LogP contribution in [-0.2, 0) is 13.1 Å². The standard InChI is InChI=1S/C15H17F3N2/c1-4-20-9(2)5-11(10(20)3)8-19-15-13(17)6-12(16)7-14(15)18/h5-7,19H,4,8H2,1-3H3. The first kappa shape index (κ1) is 14.5. The summed E-state index contributed by atoms with van der Waals surface area (Å²) in [4.78, 5) is 0. The van der Waals surface area contributed by atoms with Crippen LogP contribution in [-0.4, -0.2) is 4.57 Å². The molecule has 2 rings (SSSR count). The van der Waals surface area contributed by atoms with Crippen molar-refractivity contribution in [2.24, 2.45) is 0 Å². The van der Waals surface area contributed by atoms with E-state index >= 15 is 0 Å². The fraction of sp³-hybridized carbons (Fsp3) is 0.333. The predicted molar refractivity (Wildman–Crippen MR) is 73.2 cm³/mol. The Morgan fingerprint density at radius 3 is 2.15 bits per heavy atom. The maximum Gasteiger partial charge on any atom is 0.152 e. The lowest BCUT2D eigenvalue weighted by Gasteiger charge is -2.10. The first-order valence-electron chi connectivity index (χ1n) is 6.48. The first-order chi connectivity index (χ1) is 9.43. The van der Waals surface area contributed by atoms with Crippen molar-refractivity contribution in [2.75, 3.05) is 5.32 Å². The minimum Gasteiger partial charge on any atom is -0.376 e. The minimum absolute atomic E-state index is 0.291. The third-order valence-electron chi connectivity index (χ3n) is 3.46. The van der Waals surface area contributed by atoms with Crippen LogP contribution in [0.5, 0.6) is 0 Å². The second-order valence-corrected chi connectivity index (χ2v) is 4.74. The zero-order chi connectivity index (χ0) is 14.9. The Hall–Kier alpha value is -1.91. The topological polar surface area (TPSA) is 17.0 Å². The van der Waals surface area contributed by atoms with Crippen LogP contribution in [0.1, 0.15) is 23.9 Å². The molecule has 0 aliphatic rings. The molecule has 0 saturated carbocycles. The van der Waals surface area contributed by atoms with Crippen molar-refractivity contribution in [1.82, 2.24) is 4.57 Å². The smallest absolute Gasteiger partial charge is 0.152 e. The number of rotatable bonds is 4. The zero-order valence-corrected chi connectivity index (χ0v) is 11.7. The second kappa shape index (κ2) is 5.61. The predicted octanol–water partition coefficient (Wildman–Crippen LogP) is 4.15. The van der Waals surface area contributed by atoms with E-state index in [9.17, 15) is 13.2 Å². The quantitative estimate of drug-likeness (QED) is 0.891. The summed E-state index contributed by atoms with van der Waals surface area (Å²) in [5.74, 6) is -2.77. The van der Waals surface area contributed by atoms with Gasteiger partial charge in [0.1, 0.15) is 11.5 Å². The molecule has 1 aromatic carbocycles. The average Bonchev–Trinajstić information content (AvgIpc) is 2.62. The van der Waals surface area contributed by atoms with Gasteiger partial charge >= 0.3 is 0 Å². The van der Waals surface area contributed by atoms with E-state index in [4.69, 9.17) is 0 Å². The van der Waals surface area contributed by atoms with Crippen LogP contribution in [0, 0.1) is 31.3 Å². The van der Waals surface area contributed by atoms with Gasteiger partial charge in [0.05, 0.1) is 0 Å². The number of benzene rings is 1.